The van der Waals surface area contributed by atoms with E-state index in [0.29, 0.717) is 0 Å². The normalized spacial score (nSPS) is 27.8. The minimum Gasteiger partial charge on any atom is -0.313 e. The molecule has 1 saturated heterocycles. The molecule has 1 aliphatic heterocycles. The maximum absolute atomic E-state index is 3.71. The highest BCUT2D eigenvalue weighted by Crippen LogP contribution is 2.27. The molecule has 1 atom stereocenters. The Morgan fingerprint density at radius 1 is 1.00 bits per heavy atom. The number of likely N-dealkylation sites (N-methyl/N-ethyl adjacent to an activating group) is 1. The fourth-order valence-electron chi connectivity index (χ4n) is 2.94. The Bertz CT molecular complexity index is 181. The standard InChI is InChI=1S/C14H28N2/c1-2-16(11-13-7-6-8-13)12-14-9-4-3-5-10-15-14/h13-15H,2-12H2,1H3. The van der Waals surface area contributed by atoms with Crippen LogP contribution in [-0.2, 0) is 0 Å². The topological polar surface area (TPSA) is 15.3 Å². The van der Waals surface area contributed by atoms with E-state index in [0.717, 1.165) is 12.0 Å². The van der Waals surface area contributed by atoms with Crippen molar-refractivity contribution in [2.45, 2.75) is 57.9 Å². The number of rotatable bonds is 5. The van der Waals surface area contributed by atoms with E-state index < -0.39 is 0 Å². The lowest BCUT2D eigenvalue weighted by Gasteiger charge is -2.33. The molecule has 1 saturated carbocycles. The van der Waals surface area contributed by atoms with Gasteiger partial charge in [-0.15, -0.1) is 0 Å². The predicted molar refractivity (Wildman–Crippen MR) is 69.7 cm³/mol. The van der Waals surface area contributed by atoms with Crippen molar-refractivity contribution in [2.24, 2.45) is 5.92 Å². The second-order valence-corrected chi connectivity index (χ2v) is 5.65. The smallest absolute Gasteiger partial charge is 0.0195 e. The summed E-state index contributed by atoms with van der Waals surface area (Å²) in [6.45, 7) is 7.43. The fraction of sp³-hybridized carbons (Fsp3) is 1.00. The molecule has 1 heterocycles. The van der Waals surface area contributed by atoms with Crippen LogP contribution >= 0.6 is 0 Å². The van der Waals surface area contributed by atoms with Crippen LogP contribution in [-0.4, -0.2) is 37.1 Å². The van der Waals surface area contributed by atoms with Gasteiger partial charge >= 0.3 is 0 Å². The van der Waals surface area contributed by atoms with E-state index >= 15 is 0 Å². The molecule has 2 heteroatoms. The Labute approximate surface area is 101 Å². The Morgan fingerprint density at radius 2 is 1.88 bits per heavy atom. The molecule has 16 heavy (non-hydrogen) atoms. The molecule has 2 rings (SSSR count). The average Bonchev–Trinajstić information content (AvgIpc) is 2.50. The van der Waals surface area contributed by atoms with Gasteiger partial charge in [0.1, 0.15) is 0 Å². The third-order valence-electron chi connectivity index (χ3n) is 4.33. The van der Waals surface area contributed by atoms with Crippen LogP contribution in [0.2, 0.25) is 0 Å². The third-order valence-corrected chi connectivity index (χ3v) is 4.33. The Morgan fingerprint density at radius 3 is 2.56 bits per heavy atom. The van der Waals surface area contributed by atoms with E-state index in [2.05, 4.69) is 17.1 Å². The van der Waals surface area contributed by atoms with E-state index in [4.69, 9.17) is 0 Å². The lowest BCUT2D eigenvalue weighted by Crippen LogP contribution is -2.43. The van der Waals surface area contributed by atoms with Crippen LogP contribution in [0.5, 0.6) is 0 Å². The third kappa shape index (κ3) is 3.74. The van der Waals surface area contributed by atoms with Crippen LogP contribution in [0, 0.1) is 5.92 Å². The van der Waals surface area contributed by atoms with Gasteiger partial charge in [-0.1, -0.05) is 26.2 Å². The summed E-state index contributed by atoms with van der Waals surface area (Å²) >= 11 is 0. The van der Waals surface area contributed by atoms with Crippen LogP contribution in [0.1, 0.15) is 51.9 Å². The highest BCUT2D eigenvalue weighted by molar-refractivity contribution is 4.78. The van der Waals surface area contributed by atoms with Gasteiger partial charge in [0.25, 0.3) is 0 Å². The van der Waals surface area contributed by atoms with Crippen LogP contribution in [0.4, 0.5) is 0 Å². The van der Waals surface area contributed by atoms with E-state index in [1.165, 1.54) is 71.1 Å². The molecular formula is C14H28N2. The molecule has 0 aromatic carbocycles. The molecule has 1 aliphatic carbocycles. The minimum absolute atomic E-state index is 0.766. The zero-order valence-corrected chi connectivity index (χ0v) is 10.9. The van der Waals surface area contributed by atoms with Crippen molar-refractivity contribution in [3.63, 3.8) is 0 Å². The zero-order valence-electron chi connectivity index (χ0n) is 10.9. The van der Waals surface area contributed by atoms with Gasteiger partial charge in [0, 0.05) is 19.1 Å². The highest BCUT2D eigenvalue weighted by atomic mass is 15.1. The maximum Gasteiger partial charge on any atom is 0.0195 e. The molecular weight excluding hydrogens is 196 g/mol. The molecule has 0 radical (unpaired) electrons. The van der Waals surface area contributed by atoms with E-state index in [1.807, 2.05) is 0 Å². The fourth-order valence-corrected chi connectivity index (χ4v) is 2.94. The van der Waals surface area contributed by atoms with E-state index in [-0.39, 0.29) is 0 Å². The summed E-state index contributed by atoms with van der Waals surface area (Å²) in [5, 5.41) is 3.71. The van der Waals surface area contributed by atoms with Crippen molar-refractivity contribution in [3.8, 4) is 0 Å². The SMILES string of the molecule is CCN(CC1CCC1)CC1CCCCCN1. The summed E-state index contributed by atoms with van der Waals surface area (Å²) in [7, 11) is 0. The van der Waals surface area contributed by atoms with E-state index in [1.54, 1.807) is 0 Å². The van der Waals surface area contributed by atoms with Gasteiger partial charge in [-0.3, -0.25) is 0 Å². The summed E-state index contributed by atoms with van der Waals surface area (Å²) in [6.07, 6.45) is 10.1. The Kier molecular flexibility index (Phi) is 5.11. The first-order chi connectivity index (χ1) is 7.88. The second-order valence-electron chi connectivity index (χ2n) is 5.65. The Balaban J connectivity index is 1.70. The molecule has 94 valence electrons. The molecule has 1 N–H and O–H groups in total. The quantitative estimate of drug-likeness (QED) is 0.772. The molecule has 2 fully saturated rings. The van der Waals surface area contributed by atoms with Crippen LogP contribution in [0.15, 0.2) is 0 Å². The van der Waals surface area contributed by atoms with Crippen molar-refractivity contribution in [1.29, 1.82) is 0 Å². The first-order valence-corrected chi connectivity index (χ1v) is 7.34. The van der Waals surface area contributed by atoms with Crippen molar-refractivity contribution in [2.75, 3.05) is 26.2 Å². The van der Waals surface area contributed by atoms with Crippen molar-refractivity contribution in [1.82, 2.24) is 10.2 Å². The average molecular weight is 224 g/mol. The number of nitrogens with one attached hydrogen (secondary N) is 1. The van der Waals surface area contributed by atoms with Gasteiger partial charge in [-0.05, 0) is 44.7 Å². The van der Waals surface area contributed by atoms with Gasteiger partial charge in [-0.25, -0.2) is 0 Å². The largest absolute Gasteiger partial charge is 0.313 e. The lowest BCUT2D eigenvalue weighted by atomic mass is 9.85. The van der Waals surface area contributed by atoms with Gasteiger partial charge in [0.15, 0.2) is 0 Å². The summed E-state index contributed by atoms with van der Waals surface area (Å²) in [5.74, 6) is 1.02. The van der Waals surface area contributed by atoms with Crippen molar-refractivity contribution >= 4 is 0 Å². The molecule has 0 bridgehead atoms. The van der Waals surface area contributed by atoms with Gasteiger partial charge in [0.2, 0.25) is 0 Å². The number of hydrogen-bond donors (Lipinski definition) is 1. The second kappa shape index (κ2) is 6.61. The first-order valence-electron chi connectivity index (χ1n) is 7.34. The summed E-state index contributed by atoms with van der Waals surface area (Å²) < 4.78 is 0. The zero-order chi connectivity index (χ0) is 11.2. The molecule has 1 unspecified atom stereocenters. The maximum atomic E-state index is 3.71. The summed E-state index contributed by atoms with van der Waals surface area (Å²) in [5.41, 5.74) is 0. The monoisotopic (exact) mass is 224 g/mol. The molecule has 2 aliphatic rings. The van der Waals surface area contributed by atoms with Gasteiger partial charge in [0.05, 0.1) is 0 Å². The number of nitrogens with zero attached hydrogens (tertiary/aromatic N) is 1. The van der Waals surface area contributed by atoms with E-state index in [9.17, 15) is 0 Å². The van der Waals surface area contributed by atoms with Crippen LogP contribution in [0.3, 0.4) is 0 Å². The Hall–Kier alpha value is -0.0800. The number of hydrogen-bond acceptors (Lipinski definition) is 2. The van der Waals surface area contributed by atoms with Crippen LogP contribution < -0.4 is 5.32 Å². The summed E-state index contributed by atoms with van der Waals surface area (Å²) in [6, 6.07) is 0.766. The predicted octanol–water partition coefficient (Wildman–Crippen LogP) is 2.64. The van der Waals surface area contributed by atoms with Crippen molar-refractivity contribution in [3.05, 3.63) is 0 Å². The van der Waals surface area contributed by atoms with Gasteiger partial charge < -0.3 is 10.2 Å². The minimum atomic E-state index is 0.766. The molecule has 0 aromatic heterocycles. The lowest BCUT2D eigenvalue weighted by molar-refractivity contribution is 0.169. The van der Waals surface area contributed by atoms with Crippen LogP contribution in [0.25, 0.3) is 0 Å². The molecule has 2 nitrogen and oxygen atoms in total. The van der Waals surface area contributed by atoms with Gasteiger partial charge in [-0.2, -0.15) is 0 Å². The molecule has 0 spiro atoms. The van der Waals surface area contributed by atoms with Crippen molar-refractivity contribution < 1.29 is 0 Å². The molecule has 0 amide bonds. The molecule has 0 aromatic rings. The first kappa shape index (κ1) is 12.4. The summed E-state index contributed by atoms with van der Waals surface area (Å²) in [4.78, 5) is 2.67. The highest BCUT2D eigenvalue weighted by Gasteiger charge is 2.22.